The second-order valence-electron chi connectivity index (χ2n) is 5.33. The first kappa shape index (κ1) is 13.4. The Labute approximate surface area is 131 Å². The molecule has 0 fully saturated rings. The fourth-order valence-corrected chi connectivity index (χ4v) is 2.70. The molecule has 0 atom stereocenters. The summed E-state index contributed by atoms with van der Waals surface area (Å²) in [5.41, 5.74) is 4.90. The van der Waals surface area contributed by atoms with Gasteiger partial charge >= 0.3 is 0 Å². The Hall–Kier alpha value is -3.23. The molecule has 0 saturated heterocycles. The van der Waals surface area contributed by atoms with E-state index in [2.05, 4.69) is 27.1 Å². The van der Waals surface area contributed by atoms with Gasteiger partial charge in [0.15, 0.2) is 0 Å². The minimum Gasteiger partial charge on any atom is -0.392 e. The molecule has 2 N–H and O–H groups in total. The van der Waals surface area contributed by atoms with E-state index in [0.29, 0.717) is 5.69 Å². The first-order chi connectivity index (χ1) is 11.3. The molecule has 0 unspecified atom stereocenters. The molecule has 0 spiro atoms. The van der Waals surface area contributed by atoms with Gasteiger partial charge in [-0.25, -0.2) is 9.97 Å². The van der Waals surface area contributed by atoms with E-state index in [-0.39, 0.29) is 6.61 Å². The first-order valence-corrected chi connectivity index (χ1v) is 7.16. The first-order valence-electron chi connectivity index (χ1n) is 7.16. The highest BCUT2D eigenvalue weighted by atomic mass is 16.3. The smallest absolute Gasteiger partial charge is 0.141 e. The summed E-state index contributed by atoms with van der Waals surface area (Å²) >= 11 is 0. The fraction of sp³-hybridized carbons (Fsp3) is 0.0556. The lowest BCUT2D eigenvalue weighted by Gasteiger charge is -2.03. The number of nitrogens with one attached hydrogen (secondary N) is 1. The Morgan fingerprint density at radius 3 is 2.57 bits per heavy atom. The maximum absolute atomic E-state index is 9.13. The number of hydrogen-bond donors (Lipinski definition) is 2. The number of hydrogen-bond acceptors (Lipinski definition) is 4. The molecule has 0 aliphatic heterocycles. The number of benzene rings is 1. The molecule has 3 aromatic heterocycles. The normalized spacial score (nSPS) is 11.0. The molecule has 4 aromatic rings. The molecule has 110 valence electrons. The van der Waals surface area contributed by atoms with E-state index in [1.54, 1.807) is 12.3 Å². The summed E-state index contributed by atoms with van der Waals surface area (Å²) < 4.78 is 0. The molecule has 1 aromatic carbocycles. The van der Waals surface area contributed by atoms with Gasteiger partial charge in [0.1, 0.15) is 17.4 Å². The summed E-state index contributed by atoms with van der Waals surface area (Å²) in [6.45, 7) is 0.0317. The van der Waals surface area contributed by atoms with Gasteiger partial charge in [-0.3, -0.25) is 0 Å². The van der Waals surface area contributed by atoms with E-state index < -0.39 is 0 Å². The highest BCUT2D eigenvalue weighted by Crippen LogP contribution is 2.28. The third-order valence-corrected chi connectivity index (χ3v) is 3.92. The molecule has 0 saturated carbocycles. The van der Waals surface area contributed by atoms with Crippen LogP contribution in [0.1, 0.15) is 11.3 Å². The minimum atomic E-state index is 0.0317. The van der Waals surface area contributed by atoms with Crippen molar-refractivity contribution in [2.45, 2.75) is 6.61 Å². The Bertz CT molecular complexity index is 1060. The predicted octanol–water partition coefficient (Wildman–Crippen LogP) is 3.14. The van der Waals surface area contributed by atoms with Gasteiger partial charge in [-0.15, -0.1) is 0 Å². The van der Waals surface area contributed by atoms with Crippen LogP contribution in [0.2, 0.25) is 0 Å². The number of pyridine rings is 2. The number of nitrogens with zero attached hydrogens (tertiary/aromatic N) is 3. The Morgan fingerprint density at radius 1 is 1.00 bits per heavy atom. The molecule has 0 radical (unpaired) electrons. The van der Waals surface area contributed by atoms with Crippen molar-refractivity contribution >= 4 is 21.9 Å². The van der Waals surface area contributed by atoms with E-state index in [1.807, 2.05) is 30.5 Å². The molecule has 0 aliphatic carbocycles. The molecule has 0 bridgehead atoms. The van der Waals surface area contributed by atoms with Crippen molar-refractivity contribution in [2.24, 2.45) is 0 Å². The van der Waals surface area contributed by atoms with Gasteiger partial charge in [-0.1, -0.05) is 24.3 Å². The fourth-order valence-electron chi connectivity index (χ4n) is 2.70. The van der Waals surface area contributed by atoms with Gasteiger partial charge in [0.05, 0.1) is 18.3 Å². The number of aromatic amines is 1. The van der Waals surface area contributed by atoms with Gasteiger partial charge in [0.2, 0.25) is 0 Å². The van der Waals surface area contributed by atoms with E-state index >= 15 is 0 Å². The van der Waals surface area contributed by atoms with E-state index in [0.717, 1.165) is 38.6 Å². The molecular formula is C18H12N4O. The third kappa shape index (κ3) is 2.22. The topological polar surface area (TPSA) is 85.6 Å². The van der Waals surface area contributed by atoms with E-state index in [9.17, 15) is 0 Å². The molecule has 5 heteroatoms. The monoisotopic (exact) mass is 300 g/mol. The van der Waals surface area contributed by atoms with Crippen LogP contribution in [0.4, 0.5) is 0 Å². The lowest BCUT2D eigenvalue weighted by molar-refractivity contribution is 0.282. The largest absolute Gasteiger partial charge is 0.392 e. The third-order valence-electron chi connectivity index (χ3n) is 3.92. The minimum absolute atomic E-state index is 0.0317. The van der Waals surface area contributed by atoms with Crippen molar-refractivity contribution in [2.75, 3.05) is 0 Å². The van der Waals surface area contributed by atoms with Crippen molar-refractivity contribution in [3.63, 3.8) is 0 Å². The van der Waals surface area contributed by atoms with Crippen LogP contribution in [0.15, 0.2) is 48.8 Å². The van der Waals surface area contributed by atoms with Crippen LogP contribution in [-0.2, 0) is 6.61 Å². The number of aliphatic hydroxyl groups is 1. The van der Waals surface area contributed by atoms with Crippen LogP contribution in [0.3, 0.4) is 0 Å². The Kier molecular flexibility index (Phi) is 3.04. The molecule has 3 heterocycles. The van der Waals surface area contributed by atoms with Gasteiger partial charge in [-0.2, -0.15) is 5.26 Å². The van der Waals surface area contributed by atoms with Gasteiger partial charge < -0.3 is 10.1 Å². The van der Waals surface area contributed by atoms with Crippen LogP contribution in [0.25, 0.3) is 33.1 Å². The number of fused-ring (bicyclic) bond motifs is 3. The molecule has 0 aliphatic rings. The van der Waals surface area contributed by atoms with Crippen LogP contribution in [0.5, 0.6) is 0 Å². The number of aliphatic hydroxyl groups excluding tert-OH is 1. The lowest BCUT2D eigenvalue weighted by Crippen LogP contribution is -1.85. The van der Waals surface area contributed by atoms with E-state index in [4.69, 9.17) is 10.4 Å². The maximum atomic E-state index is 9.13. The summed E-state index contributed by atoms with van der Waals surface area (Å²) in [7, 11) is 0. The predicted molar refractivity (Wildman–Crippen MR) is 87.5 cm³/mol. The number of H-pyrrole nitrogens is 1. The average Bonchev–Trinajstić information content (AvgIpc) is 2.98. The molecular weight excluding hydrogens is 288 g/mol. The van der Waals surface area contributed by atoms with Gasteiger partial charge in [0.25, 0.3) is 0 Å². The zero-order chi connectivity index (χ0) is 15.8. The van der Waals surface area contributed by atoms with Crippen molar-refractivity contribution in [3.8, 4) is 17.2 Å². The highest BCUT2D eigenvalue weighted by molar-refractivity contribution is 6.06. The molecule has 23 heavy (non-hydrogen) atoms. The lowest BCUT2D eigenvalue weighted by atomic mass is 10.0. The van der Waals surface area contributed by atoms with Gasteiger partial charge in [0, 0.05) is 22.5 Å². The highest BCUT2D eigenvalue weighted by Gasteiger charge is 2.09. The second kappa shape index (κ2) is 5.20. The standard InChI is InChI=1S/C18H12N4O/c19-7-14-6-15-16-5-13(12-3-1-11(10-23)2-4-12)8-21-18(16)22-17(15)9-20-14/h1-6,8-9,23H,10H2,(H,21,22). The van der Waals surface area contributed by atoms with Crippen molar-refractivity contribution < 1.29 is 5.11 Å². The Balaban J connectivity index is 1.91. The Morgan fingerprint density at radius 2 is 1.83 bits per heavy atom. The number of rotatable bonds is 2. The quantitative estimate of drug-likeness (QED) is 0.595. The van der Waals surface area contributed by atoms with Crippen LogP contribution in [0, 0.1) is 11.3 Å². The second-order valence-corrected chi connectivity index (χ2v) is 5.33. The maximum Gasteiger partial charge on any atom is 0.141 e. The summed E-state index contributed by atoms with van der Waals surface area (Å²) in [6, 6.07) is 13.6. The molecule has 0 amide bonds. The summed E-state index contributed by atoms with van der Waals surface area (Å²) in [6.07, 6.45) is 3.47. The SMILES string of the molecule is N#Cc1cc2c(cn1)[nH]c1ncc(-c3ccc(CO)cc3)cc12. The molecule has 5 nitrogen and oxygen atoms in total. The van der Waals surface area contributed by atoms with Crippen LogP contribution >= 0.6 is 0 Å². The van der Waals surface area contributed by atoms with Crippen molar-refractivity contribution in [1.82, 2.24) is 15.0 Å². The van der Waals surface area contributed by atoms with Crippen molar-refractivity contribution in [3.05, 3.63) is 60.0 Å². The molecule has 4 rings (SSSR count). The van der Waals surface area contributed by atoms with Crippen molar-refractivity contribution in [1.29, 1.82) is 5.26 Å². The van der Waals surface area contributed by atoms with Crippen LogP contribution in [-0.4, -0.2) is 20.1 Å². The van der Waals surface area contributed by atoms with Gasteiger partial charge in [-0.05, 0) is 23.3 Å². The summed E-state index contributed by atoms with van der Waals surface area (Å²) in [4.78, 5) is 11.8. The zero-order valence-corrected chi connectivity index (χ0v) is 12.1. The van der Waals surface area contributed by atoms with Crippen LogP contribution < -0.4 is 0 Å². The zero-order valence-electron chi connectivity index (χ0n) is 12.1. The average molecular weight is 300 g/mol. The summed E-state index contributed by atoms with van der Waals surface area (Å²) in [5.74, 6) is 0. The van der Waals surface area contributed by atoms with E-state index in [1.165, 1.54) is 0 Å². The number of aromatic nitrogens is 3. The summed E-state index contributed by atoms with van der Waals surface area (Å²) in [5, 5.41) is 20.1. The number of nitriles is 1.